The second-order valence-corrected chi connectivity index (χ2v) is 7.98. The van der Waals surface area contributed by atoms with E-state index in [1.165, 1.54) is 48.5 Å². The first-order chi connectivity index (χ1) is 11.0. The van der Waals surface area contributed by atoms with E-state index in [1.54, 1.807) is 0 Å². The van der Waals surface area contributed by atoms with Gasteiger partial charge in [0.05, 0.1) is 9.79 Å². The summed E-state index contributed by atoms with van der Waals surface area (Å²) in [5.74, 6) is 0. The van der Waals surface area contributed by atoms with Gasteiger partial charge < -0.3 is 11.5 Å². The van der Waals surface area contributed by atoms with E-state index in [0.29, 0.717) is 11.1 Å². The molecule has 0 aliphatic heterocycles. The lowest BCUT2D eigenvalue weighted by atomic mass is 9.95. The van der Waals surface area contributed by atoms with Gasteiger partial charge in [0.15, 0.2) is 0 Å². The molecule has 0 saturated carbocycles. The molecule has 0 aromatic heterocycles. The molecule has 0 amide bonds. The lowest BCUT2D eigenvalue weighted by Crippen LogP contribution is -2.26. The van der Waals surface area contributed by atoms with Crippen LogP contribution in [0.15, 0.2) is 58.3 Å². The fourth-order valence-electron chi connectivity index (χ4n) is 2.14. The molecule has 2 aromatic rings. The van der Waals surface area contributed by atoms with Gasteiger partial charge in [-0.15, -0.1) is 0 Å². The van der Waals surface area contributed by atoms with E-state index < -0.39 is 32.3 Å². The average molecular weight is 372 g/mol. The summed E-state index contributed by atoms with van der Waals surface area (Å²) in [4.78, 5) is -0.519. The van der Waals surface area contributed by atoms with Gasteiger partial charge in [-0.3, -0.25) is 9.11 Å². The minimum absolute atomic E-state index is 0.260. The zero-order valence-corrected chi connectivity index (χ0v) is 13.9. The third-order valence-corrected chi connectivity index (χ3v) is 5.25. The van der Waals surface area contributed by atoms with Crippen LogP contribution >= 0.6 is 0 Å². The second kappa shape index (κ2) is 6.59. The van der Waals surface area contributed by atoms with E-state index in [4.69, 9.17) is 20.6 Å². The molecular formula is C14H16N2O6S2. The zero-order chi connectivity index (χ0) is 18.1. The van der Waals surface area contributed by atoms with E-state index in [1.807, 2.05) is 0 Å². The molecule has 0 aliphatic carbocycles. The Bertz CT molecular complexity index is 843. The maximum absolute atomic E-state index is 11.0. The van der Waals surface area contributed by atoms with Gasteiger partial charge in [-0.2, -0.15) is 16.8 Å². The van der Waals surface area contributed by atoms with Crippen LogP contribution in [0.25, 0.3) is 0 Å². The molecule has 2 aromatic carbocycles. The maximum atomic E-state index is 11.0. The third-order valence-electron chi connectivity index (χ3n) is 3.51. The Morgan fingerprint density at radius 2 is 0.875 bits per heavy atom. The number of rotatable bonds is 5. The largest absolute Gasteiger partial charge is 0.322 e. The van der Waals surface area contributed by atoms with Crippen molar-refractivity contribution in [3.8, 4) is 0 Å². The van der Waals surface area contributed by atoms with Crippen LogP contribution in [0.3, 0.4) is 0 Å². The highest BCUT2D eigenvalue weighted by Gasteiger charge is 2.19. The van der Waals surface area contributed by atoms with Crippen molar-refractivity contribution in [1.82, 2.24) is 0 Å². The number of hydrogen-bond donors (Lipinski definition) is 4. The Labute approximate surface area is 139 Å². The van der Waals surface area contributed by atoms with Crippen LogP contribution in [0.5, 0.6) is 0 Å². The van der Waals surface area contributed by atoms with Crippen molar-refractivity contribution < 1.29 is 25.9 Å². The number of hydrogen-bond acceptors (Lipinski definition) is 6. The summed E-state index contributed by atoms with van der Waals surface area (Å²) in [5, 5.41) is 0. The van der Waals surface area contributed by atoms with E-state index in [-0.39, 0.29) is 9.79 Å². The number of benzene rings is 2. The minimum Gasteiger partial charge on any atom is -0.322 e. The second-order valence-electron chi connectivity index (χ2n) is 5.14. The maximum Gasteiger partial charge on any atom is 0.294 e. The highest BCUT2D eigenvalue weighted by Crippen LogP contribution is 2.26. The van der Waals surface area contributed by atoms with Crippen LogP contribution in [-0.4, -0.2) is 25.9 Å². The lowest BCUT2D eigenvalue weighted by molar-refractivity contribution is 0.480. The van der Waals surface area contributed by atoms with Crippen molar-refractivity contribution in [3.05, 3.63) is 59.7 Å². The molecule has 0 heterocycles. The lowest BCUT2D eigenvalue weighted by Gasteiger charge is -2.21. The van der Waals surface area contributed by atoms with Crippen LogP contribution in [0, 0.1) is 0 Å². The molecule has 10 heteroatoms. The molecule has 0 aliphatic rings. The van der Waals surface area contributed by atoms with Crippen molar-refractivity contribution >= 4 is 20.2 Å². The molecule has 0 fully saturated rings. The summed E-state index contributed by atoms with van der Waals surface area (Å²) >= 11 is 0. The fraction of sp³-hybridized carbons (Fsp3) is 0.143. The van der Waals surface area contributed by atoms with Gasteiger partial charge in [-0.05, 0) is 35.4 Å². The molecule has 8 nitrogen and oxygen atoms in total. The Balaban J connectivity index is 2.24. The van der Waals surface area contributed by atoms with Gasteiger partial charge in [0.25, 0.3) is 20.2 Å². The summed E-state index contributed by atoms with van der Waals surface area (Å²) in [6.07, 6.45) is 0. The van der Waals surface area contributed by atoms with Crippen molar-refractivity contribution in [2.24, 2.45) is 11.5 Å². The molecule has 0 bridgehead atoms. The first kappa shape index (κ1) is 18.5. The minimum atomic E-state index is -4.29. The molecule has 6 N–H and O–H groups in total. The van der Waals surface area contributed by atoms with Crippen molar-refractivity contribution in [2.75, 3.05) is 0 Å². The van der Waals surface area contributed by atoms with Gasteiger partial charge in [0.1, 0.15) is 0 Å². The predicted molar refractivity (Wildman–Crippen MR) is 86.4 cm³/mol. The first-order valence-electron chi connectivity index (χ1n) is 6.66. The molecule has 130 valence electrons. The van der Waals surface area contributed by atoms with Gasteiger partial charge in [-0.1, -0.05) is 24.3 Å². The van der Waals surface area contributed by atoms with Crippen molar-refractivity contribution in [2.45, 2.75) is 21.9 Å². The smallest absolute Gasteiger partial charge is 0.294 e. The predicted octanol–water partition coefficient (Wildman–Crippen LogP) is 0.880. The third kappa shape index (κ3) is 4.17. The Kier molecular flexibility index (Phi) is 5.08. The Morgan fingerprint density at radius 3 is 1.08 bits per heavy atom. The SMILES string of the molecule is NC(c1ccc(S(=O)(=O)O)cc1)C(N)c1ccc(S(=O)(=O)O)cc1. The summed E-state index contributed by atoms with van der Waals surface area (Å²) in [6, 6.07) is 9.16. The normalized spacial score (nSPS) is 15.0. The van der Waals surface area contributed by atoms with Crippen LogP contribution < -0.4 is 11.5 Å². The van der Waals surface area contributed by atoms with E-state index >= 15 is 0 Å². The van der Waals surface area contributed by atoms with Crippen LogP contribution in [0.1, 0.15) is 23.2 Å². The van der Waals surface area contributed by atoms with Crippen LogP contribution in [-0.2, 0) is 20.2 Å². The van der Waals surface area contributed by atoms with Gasteiger partial charge in [0, 0.05) is 12.1 Å². The van der Waals surface area contributed by atoms with Crippen LogP contribution in [0.4, 0.5) is 0 Å². The number of nitrogens with two attached hydrogens (primary N) is 2. The molecule has 0 saturated heterocycles. The topological polar surface area (TPSA) is 161 Å². The summed E-state index contributed by atoms with van der Waals surface area (Å²) in [5.41, 5.74) is 13.2. The Morgan fingerprint density at radius 1 is 0.625 bits per heavy atom. The van der Waals surface area contributed by atoms with Crippen LogP contribution in [0.2, 0.25) is 0 Å². The first-order valence-corrected chi connectivity index (χ1v) is 9.54. The summed E-state index contributed by atoms with van der Waals surface area (Å²) < 4.78 is 61.9. The molecular weight excluding hydrogens is 356 g/mol. The highest BCUT2D eigenvalue weighted by molar-refractivity contribution is 7.86. The monoisotopic (exact) mass is 372 g/mol. The fourth-order valence-corrected chi connectivity index (χ4v) is 3.10. The molecule has 24 heavy (non-hydrogen) atoms. The molecule has 2 atom stereocenters. The van der Waals surface area contributed by atoms with Gasteiger partial charge >= 0.3 is 0 Å². The van der Waals surface area contributed by atoms with Crippen molar-refractivity contribution in [3.63, 3.8) is 0 Å². The molecule has 0 radical (unpaired) electrons. The molecule has 2 unspecified atom stereocenters. The van der Waals surface area contributed by atoms with Gasteiger partial charge in [0.2, 0.25) is 0 Å². The highest BCUT2D eigenvalue weighted by atomic mass is 32.2. The van der Waals surface area contributed by atoms with Crippen molar-refractivity contribution in [1.29, 1.82) is 0 Å². The average Bonchev–Trinajstić information content (AvgIpc) is 2.52. The quantitative estimate of drug-likeness (QED) is 0.562. The summed E-state index contributed by atoms with van der Waals surface area (Å²) in [6.45, 7) is 0. The van der Waals surface area contributed by atoms with Gasteiger partial charge in [-0.25, -0.2) is 0 Å². The summed E-state index contributed by atoms with van der Waals surface area (Å²) in [7, 11) is -8.58. The zero-order valence-electron chi connectivity index (χ0n) is 12.3. The Hall–Kier alpha value is -1.82. The standard InChI is InChI=1S/C14H16N2O6S2/c15-13(9-1-5-11(6-2-9)23(17,18)19)14(16)10-3-7-12(8-4-10)24(20,21)22/h1-8,13-14H,15-16H2,(H,17,18,19)(H,20,21,22). The van der Waals surface area contributed by atoms with E-state index in [9.17, 15) is 16.8 Å². The van der Waals surface area contributed by atoms with E-state index in [2.05, 4.69) is 0 Å². The molecule has 2 rings (SSSR count). The van der Waals surface area contributed by atoms with E-state index in [0.717, 1.165) is 0 Å². The molecule has 0 spiro atoms.